The molecule has 1 aromatic rings. The third-order valence-electron chi connectivity index (χ3n) is 4.10. The maximum Gasteiger partial charge on any atom is 0.246 e. The van der Waals surface area contributed by atoms with Crippen LogP contribution in [0.5, 0.6) is 5.88 Å². The van der Waals surface area contributed by atoms with Gasteiger partial charge in [0.2, 0.25) is 21.8 Å². The lowest BCUT2D eigenvalue weighted by atomic mass is 10.2. The largest absolute Gasteiger partial charge is 0.470 e. The van der Waals surface area contributed by atoms with E-state index in [1.54, 1.807) is 11.0 Å². The molecule has 0 spiro atoms. The average molecular weight is 309 g/mol. The quantitative estimate of drug-likeness (QED) is 0.772. The molecule has 1 aliphatic carbocycles. The Bertz CT molecular complexity index is 701. The van der Waals surface area contributed by atoms with E-state index >= 15 is 0 Å². The molecule has 7 nitrogen and oxygen atoms in total. The molecule has 8 heteroatoms. The first-order valence-corrected chi connectivity index (χ1v) is 8.46. The maximum atomic E-state index is 12.3. The second-order valence-corrected chi connectivity index (χ2v) is 7.39. The van der Waals surface area contributed by atoms with Gasteiger partial charge >= 0.3 is 0 Å². The number of fused-ring (bicyclic) bond motifs is 2. The minimum Gasteiger partial charge on any atom is -0.470 e. The molecular formula is C13H15N3O4S. The second-order valence-electron chi connectivity index (χ2n) is 5.71. The van der Waals surface area contributed by atoms with Crippen molar-refractivity contribution < 1.29 is 17.9 Å². The lowest BCUT2D eigenvalue weighted by molar-refractivity contribution is -0.131. The first kappa shape index (κ1) is 13.0. The van der Waals surface area contributed by atoms with Gasteiger partial charge in [0.1, 0.15) is 11.0 Å². The highest BCUT2D eigenvalue weighted by atomic mass is 32.2. The number of ether oxygens (including phenoxy) is 1. The smallest absolute Gasteiger partial charge is 0.246 e. The minimum absolute atomic E-state index is 0.0551. The van der Waals surface area contributed by atoms with Gasteiger partial charge in [-0.25, -0.2) is 18.1 Å². The van der Waals surface area contributed by atoms with Crippen LogP contribution in [0.1, 0.15) is 12.8 Å². The monoisotopic (exact) mass is 309 g/mol. The number of carbonyl (C=O) groups is 1. The Morgan fingerprint density at radius 3 is 2.95 bits per heavy atom. The number of rotatable bonds is 1. The number of nitrogens with one attached hydrogen (secondary N) is 1. The summed E-state index contributed by atoms with van der Waals surface area (Å²) in [4.78, 5) is 17.9. The summed E-state index contributed by atoms with van der Waals surface area (Å²) >= 11 is 0. The van der Waals surface area contributed by atoms with Crippen LogP contribution in [0.15, 0.2) is 23.2 Å². The first-order chi connectivity index (χ1) is 10.0. The molecule has 0 radical (unpaired) electrons. The first-order valence-electron chi connectivity index (χ1n) is 6.97. The van der Waals surface area contributed by atoms with Crippen molar-refractivity contribution in [2.75, 3.05) is 13.1 Å². The summed E-state index contributed by atoms with van der Waals surface area (Å²) < 4.78 is 33.0. The predicted molar refractivity (Wildman–Crippen MR) is 72.1 cm³/mol. The van der Waals surface area contributed by atoms with Crippen molar-refractivity contribution in [3.05, 3.63) is 18.3 Å². The summed E-state index contributed by atoms with van der Waals surface area (Å²) in [5.74, 6) is 0.333. The maximum absolute atomic E-state index is 12.3. The van der Waals surface area contributed by atoms with Crippen LogP contribution in [0.2, 0.25) is 0 Å². The van der Waals surface area contributed by atoms with Crippen LogP contribution in [0.25, 0.3) is 0 Å². The lowest BCUT2D eigenvalue weighted by Crippen LogP contribution is -2.42. The van der Waals surface area contributed by atoms with Crippen LogP contribution in [0.3, 0.4) is 0 Å². The van der Waals surface area contributed by atoms with E-state index in [0.717, 1.165) is 12.8 Å². The number of pyridine rings is 1. The summed E-state index contributed by atoms with van der Waals surface area (Å²) in [7, 11) is -3.66. The molecule has 112 valence electrons. The van der Waals surface area contributed by atoms with Gasteiger partial charge in [-0.15, -0.1) is 0 Å². The van der Waals surface area contributed by atoms with Crippen molar-refractivity contribution >= 4 is 15.9 Å². The van der Waals surface area contributed by atoms with E-state index in [9.17, 15) is 13.2 Å². The topological polar surface area (TPSA) is 88.6 Å². The molecule has 4 rings (SSSR count). The third-order valence-corrected chi connectivity index (χ3v) is 5.60. The second kappa shape index (κ2) is 4.41. The number of likely N-dealkylation sites (tertiary alicyclic amines) is 1. The highest BCUT2D eigenvalue weighted by molar-refractivity contribution is 7.89. The van der Waals surface area contributed by atoms with Crippen LogP contribution in [0.4, 0.5) is 0 Å². The Balaban J connectivity index is 1.64. The molecule has 1 N–H and O–H groups in total. The van der Waals surface area contributed by atoms with Gasteiger partial charge in [0.05, 0.1) is 12.6 Å². The molecule has 0 aromatic carbocycles. The van der Waals surface area contributed by atoms with Gasteiger partial charge in [0, 0.05) is 18.7 Å². The Morgan fingerprint density at radius 2 is 2.19 bits per heavy atom. The number of carbonyl (C=O) groups excluding carboxylic acids is 1. The van der Waals surface area contributed by atoms with Crippen molar-refractivity contribution in [1.82, 2.24) is 14.6 Å². The van der Waals surface area contributed by atoms with Crippen molar-refractivity contribution in [2.24, 2.45) is 5.92 Å². The fourth-order valence-electron chi connectivity index (χ4n) is 2.85. The van der Waals surface area contributed by atoms with Crippen molar-refractivity contribution in [2.45, 2.75) is 29.9 Å². The van der Waals surface area contributed by atoms with Crippen LogP contribution in [-0.2, 0) is 14.8 Å². The van der Waals surface area contributed by atoms with E-state index in [-0.39, 0.29) is 22.6 Å². The minimum atomic E-state index is -3.66. The highest BCUT2D eigenvalue weighted by Crippen LogP contribution is 2.34. The number of hydrogen-bond acceptors (Lipinski definition) is 5. The number of amides is 1. The zero-order chi connectivity index (χ0) is 14.6. The Kier molecular flexibility index (Phi) is 2.74. The van der Waals surface area contributed by atoms with Crippen LogP contribution < -0.4 is 9.46 Å². The van der Waals surface area contributed by atoms with E-state index in [1.165, 1.54) is 12.3 Å². The summed E-state index contributed by atoms with van der Waals surface area (Å²) in [5.41, 5.74) is 0. The van der Waals surface area contributed by atoms with Gasteiger partial charge in [0.15, 0.2) is 0 Å². The molecule has 3 heterocycles. The molecule has 2 unspecified atom stereocenters. The summed E-state index contributed by atoms with van der Waals surface area (Å²) in [6, 6.07) is 2.61. The van der Waals surface area contributed by atoms with Gasteiger partial charge in [-0.3, -0.25) is 4.79 Å². The summed E-state index contributed by atoms with van der Waals surface area (Å²) in [5, 5.41) is 0. The summed E-state index contributed by atoms with van der Waals surface area (Å²) in [6.07, 6.45) is 2.97. The van der Waals surface area contributed by atoms with Gasteiger partial charge < -0.3 is 9.64 Å². The summed E-state index contributed by atoms with van der Waals surface area (Å²) in [6.45, 7) is 0.756. The van der Waals surface area contributed by atoms with Gasteiger partial charge in [-0.1, -0.05) is 0 Å². The van der Waals surface area contributed by atoms with E-state index in [0.29, 0.717) is 13.1 Å². The molecule has 3 aliphatic rings. The van der Waals surface area contributed by atoms with Crippen molar-refractivity contribution in [3.8, 4) is 5.88 Å². The van der Waals surface area contributed by atoms with E-state index in [2.05, 4.69) is 9.71 Å². The molecule has 0 bridgehead atoms. The molecule has 1 saturated carbocycles. The number of aromatic nitrogens is 1. The average Bonchev–Trinajstić information content (AvgIpc) is 3.23. The van der Waals surface area contributed by atoms with E-state index < -0.39 is 22.2 Å². The normalized spacial score (nSPS) is 30.0. The number of nitrogens with zero attached hydrogens (tertiary/aromatic N) is 2. The zero-order valence-corrected chi connectivity index (χ0v) is 12.0. The fraction of sp³-hybridized carbons (Fsp3) is 0.538. The molecular weight excluding hydrogens is 294 g/mol. The van der Waals surface area contributed by atoms with Crippen LogP contribution in [-0.4, -0.2) is 49.4 Å². The van der Waals surface area contributed by atoms with E-state index in [1.807, 2.05) is 0 Å². The standard InChI is InChI=1S/C13H15N3O4S/c17-13(8-3-4-8)16-6-9-10(7-16)20-12-11(2-1-5-14-12)21(18,19)15-9/h1-2,5,8-10,15H,3-4,6-7H2. The molecule has 2 atom stereocenters. The third kappa shape index (κ3) is 2.18. The number of hydrogen-bond donors (Lipinski definition) is 1. The van der Waals surface area contributed by atoms with Gasteiger partial charge in [-0.2, -0.15) is 0 Å². The van der Waals surface area contributed by atoms with Gasteiger partial charge in [-0.05, 0) is 25.0 Å². The highest BCUT2D eigenvalue weighted by Gasteiger charge is 2.45. The van der Waals surface area contributed by atoms with Crippen molar-refractivity contribution in [3.63, 3.8) is 0 Å². The molecule has 1 amide bonds. The van der Waals surface area contributed by atoms with E-state index in [4.69, 9.17) is 4.74 Å². The SMILES string of the molecule is O=C(C1CC1)N1CC2NS(=O)(=O)c3cccnc3OC2C1. The Labute approximate surface area is 122 Å². The van der Waals surface area contributed by atoms with Crippen LogP contribution in [0, 0.1) is 5.92 Å². The molecule has 1 aromatic heterocycles. The molecule has 21 heavy (non-hydrogen) atoms. The van der Waals surface area contributed by atoms with Crippen LogP contribution >= 0.6 is 0 Å². The number of sulfonamides is 1. The molecule has 2 fully saturated rings. The zero-order valence-electron chi connectivity index (χ0n) is 11.2. The lowest BCUT2D eigenvalue weighted by Gasteiger charge is -2.16. The Morgan fingerprint density at radius 1 is 1.38 bits per heavy atom. The fourth-order valence-corrected chi connectivity index (χ4v) is 4.19. The predicted octanol–water partition coefficient (Wildman–Crippen LogP) is -0.258. The van der Waals surface area contributed by atoms with Gasteiger partial charge in [0.25, 0.3) is 0 Å². The molecule has 2 aliphatic heterocycles. The van der Waals surface area contributed by atoms with Crippen molar-refractivity contribution in [1.29, 1.82) is 0 Å². The molecule has 1 saturated heterocycles. The Hall–Kier alpha value is -1.67.